The number of piperidine rings is 1. The predicted octanol–water partition coefficient (Wildman–Crippen LogP) is 1.84. The lowest BCUT2D eigenvalue weighted by Gasteiger charge is -2.33. The van der Waals surface area contributed by atoms with Crippen molar-refractivity contribution in [2.45, 2.75) is 37.1 Å². The van der Waals surface area contributed by atoms with E-state index in [2.05, 4.69) is 14.1 Å². The molecule has 1 saturated heterocycles. The lowest BCUT2D eigenvalue weighted by molar-refractivity contribution is 0.262. The molecule has 1 fully saturated rings. The highest BCUT2D eigenvalue weighted by Crippen LogP contribution is 2.27. The number of benzene rings is 1. The van der Waals surface area contributed by atoms with Gasteiger partial charge >= 0.3 is 0 Å². The number of nitrogens with zero attached hydrogens (tertiary/aromatic N) is 3. The zero-order chi connectivity index (χ0) is 15.6. The molecule has 6 nitrogen and oxygen atoms in total. The third-order valence-corrected chi connectivity index (χ3v) is 6.52. The SMILES string of the molecule is CCCN(C1CCNCC1)S(=O)(=O)c1cccc2nsnc12. The summed E-state index contributed by atoms with van der Waals surface area (Å²) in [6.45, 7) is 4.28. The van der Waals surface area contributed by atoms with Crippen molar-refractivity contribution in [2.24, 2.45) is 0 Å². The van der Waals surface area contributed by atoms with Crippen molar-refractivity contribution in [1.29, 1.82) is 0 Å². The molecule has 1 aliphatic rings. The van der Waals surface area contributed by atoms with E-state index in [1.54, 1.807) is 22.5 Å². The number of rotatable bonds is 5. The van der Waals surface area contributed by atoms with E-state index in [1.165, 1.54) is 0 Å². The molecule has 22 heavy (non-hydrogen) atoms. The van der Waals surface area contributed by atoms with Crippen molar-refractivity contribution in [1.82, 2.24) is 18.4 Å². The maximum atomic E-state index is 13.2. The molecule has 0 saturated carbocycles. The molecule has 0 unspecified atom stereocenters. The zero-order valence-corrected chi connectivity index (χ0v) is 14.2. The fourth-order valence-corrected chi connectivity index (χ4v) is 5.46. The largest absolute Gasteiger partial charge is 0.317 e. The van der Waals surface area contributed by atoms with Crippen molar-refractivity contribution in [2.75, 3.05) is 19.6 Å². The van der Waals surface area contributed by atoms with Crippen LogP contribution in [0, 0.1) is 0 Å². The number of hydrogen-bond donors (Lipinski definition) is 1. The Hall–Kier alpha value is -1.09. The second kappa shape index (κ2) is 6.57. The number of nitrogens with one attached hydrogen (secondary N) is 1. The normalized spacial score (nSPS) is 17.4. The molecule has 1 aliphatic heterocycles. The van der Waals surface area contributed by atoms with E-state index < -0.39 is 10.0 Å². The van der Waals surface area contributed by atoms with E-state index in [1.807, 2.05) is 6.92 Å². The van der Waals surface area contributed by atoms with Gasteiger partial charge in [0.15, 0.2) is 0 Å². The molecule has 0 atom stereocenters. The van der Waals surface area contributed by atoms with Gasteiger partial charge in [0, 0.05) is 12.6 Å². The molecular formula is C14H20N4O2S2. The Bertz CT molecular complexity index is 738. The Morgan fingerprint density at radius 2 is 2.09 bits per heavy atom. The van der Waals surface area contributed by atoms with Crippen molar-refractivity contribution in [3.05, 3.63) is 18.2 Å². The molecule has 0 aliphatic carbocycles. The quantitative estimate of drug-likeness (QED) is 0.899. The highest BCUT2D eigenvalue weighted by Gasteiger charge is 2.33. The Morgan fingerprint density at radius 3 is 2.82 bits per heavy atom. The van der Waals surface area contributed by atoms with Crippen LogP contribution in [0.4, 0.5) is 0 Å². The van der Waals surface area contributed by atoms with E-state index in [9.17, 15) is 8.42 Å². The summed E-state index contributed by atoms with van der Waals surface area (Å²) in [7, 11) is -3.55. The number of hydrogen-bond acceptors (Lipinski definition) is 6. The van der Waals surface area contributed by atoms with Gasteiger partial charge in [0.05, 0.1) is 11.7 Å². The van der Waals surface area contributed by atoms with Gasteiger partial charge in [-0.1, -0.05) is 13.0 Å². The molecule has 120 valence electrons. The molecular weight excluding hydrogens is 320 g/mol. The maximum absolute atomic E-state index is 13.2. The van der Waals surface area contributed by atoms with E-state index in [0.29, 0.717) is 17.6 Å². The van der Waals surface area contributed by atoms with E-state index in [4.69, 9.17) is 0 Å². The Morgan fingerprint density at radius 1 is 1.32 bits per heavy atom. The van der Waals surface area contributed by atoms with Gasteiger partial charge in [-0.05, 0) is 44.5 Å². The topological polar surface area (TPSA) is 75.2 Å². The third kappa shape index (κ3) is 2.88. The van der Waals surface area contributed by atoms with Crippen LogP contribution in [0.5, 0.6) is 0 Å². The van der Waals surface area contributed by atoms with Crippen molar-refractivity contribution in [3.63, 3.8) is 0 Å². The highest BCUT2D eigenvalue weighted by atomic mass is 32.2. The van der Waals surface area contributed by atoms with Crippen LogP contribution in [0.3, 0.4) is 0 Å². The van der Waals surface area contributed by atoms with Crippen LogP contribution in [0.15, 0.2) is 23.1 Å². The molecule has 2 heterocycles. The van der Waals surface area contributed by atoms with E-state index in [0.717, 1.165) is 44.1 Å². The molecule has 1 N–H and O–H groups in total. The Labute approximate surface area is 134 Å². The monoisotopic (exact) mass is 340 g/mol. The van der Waals surface area contributed by atoms with Crippen LogP contribution in [-0.4, -0.2) is 47.1 Å². The summed E-state index contributed by atoms with van der Waals surface area (Å²) in [5.74, 6) is 0. The van der Waals surface area contributed by atoms with Gasteiger partial charge in [0.2, 0.25) is 10.0 Å². The minimum atomic E-state index is -3.55. The van der Waals surface area contributed by atoms with Gasteiger partial charge in [0.25, 0.3) is 0 Å². The molecule has 1 aromatic carbocycles. The van der Waals surface area contributed by atoms with Gasteiger partial charge in [-0.3, -0.25) is 0 Å². The van der Waals surface area contributed by atoms with Gasteiger partial charge in [0.1, 0.15) is 15.9 Å². The van der Waals surface area contributed by atoms with Gasteiger partial charge < -0.3 is 5.32 Å². The summed E-state index contributed by atoms with van der Waals surface area (Å²) < 4.78 is 36.4. The summed E-state index contributed by atoms with van der Waals surface area (Å²) >= 11 is 1.05. The highest BCUT2D eigenvalue weighted by molar-refractivity contribution is 7.89. The molecule has 0 radical (unpaired) electrons. The molecule has 0 spiro atoms. The molecule has 0 amide bonds. The van der Waals surface area contributed by atoms with Crippen LogP contribution < -0.4 is 5.32 Å². The third-order valence-electron chi connectivity index (χ3n) is 4.00. The van der Waals surface area contributed by atoms with Crippen LogP contribution >= 0.6 is 11.7 Å². The summed E-state index contributed by atoms with van der Waals surface area (Å²) in [6.07, 6.45) is 2.50. The van der Waals surface area contributed by atoms with Gasteiger partial charge in [-0.15, -0.1) is 0 Å². The first-order valence-corrected chi connectivity index (χ1v) is 9.75. The van der Waals surface area contributed by atoms with Gasteiger partial charge in [-0.2, -0.15) is 13.1 Å². The van der Waals surface area contributed by atoms with Crippen molar-refractivity contribution >= 4 is 32.8 Å². The van der Waals surface area contributed by atoms with Gasteiger partial charge in [-0.25, -0.2) is 8.42 Å². The molecule has 1 aromatic heterocycles. The Balaban J connectivity index is 2.03. The fourth-order valence-electron chi connectivity index (χ4n) is 2.93. The average Bonchev–Trinajstić information content (AvgIpc) is 3.01. The van der Waals surface area contributed by atoms with E-state index in [-0.39, 0.29) is 10.9 Å². The zero-order valence-electron chi connectivity index (χ0n) is 12.5. The molecule has 2 aromatic rings. The van der Waals surface area contributed by atoms with E-state index >= 15 is 0 Å². The van der Waals surface area contributed by atoms with Crippen LogP contribution in [0.25, 0.3) is 11.0 Å². The first kappa shape index (κ1) is 15.8. The van der Waals surface area contributed by atoms with Crippen LogP contribution in [0.1, 0.15) is 26.2 Å². The summed E-state index contributed by atoms with van der Waals surface area (Å²) in [5.41, 5.74) is 1.13. The van der Waals surface area contributed by atoms with Crippen LogP contribution in [0.2, 0.25) is 0 Å². The first-order valence-electron chi connectivity index (χ1n) is 7.58. The predicted molar refractivity (Wildman–Crippen MR) is 87.5 cm³/mol. The summed E-state index contributed by atoms with van der Waals surface area (Å²) in [5, 5.41) is 3.29. The lowest BCUT2D eigenvalue weighted by Crippen LogP contribution is -2.46. The smallest absolute Gasteiger partial charge is 0.245 e. The van der Waals surface area contributed by atoms with Crippen LogP contribution in [-0.2, 0) is 10.0 Å². The lowest BCUT2D eigenvalue weighted by atomic mass is 10.1. The molecule has 8 heteroatoms. The number of aromatic nitrogens is 2. The average molecular weight is 340 g/mol. The van der Waals surface area contributed by atoms with Crippen molar-refractivity contribution < 1.29 is 8.42 Å². The summed E-state index contributed by atoms with van der Waals surface area (Å²) in [4.78, 5) is 0.283. The standard InChI is InChI=1S/C14H20N4O2S2/c1-2-10-18(11-6-8-15-9-7-11)22(19,20)13-5-3-4-12-14(13)17-21-16-12/h3-5,11,15H,2,6-10H2,1H3. The minimum Gasteiger partial charge on any atom is -0.317 e. The second-order valence-electron chi connectivity index (χ2n) is 5.49. The van der Waals surface area contributed by atoms with Crippen molar-refractivity contribution in [3.8, 4) is 0 Å². The first-order chi connectivity index (χ1) is 10.6. The number of fused-ring (bicyclic) bond motifs is 1. The fraction of sp³-hybridized carbons (Fsp3) is 0.571. The second-order valence-corrected chi connectivity index (χ2v) is 7.87. The number of sulfonamides is 1. The minimum absolute atomic E-state index is 0.0630. The maximum Gasteiger partial charge on any atom is 0.245 e. The molecule has 0 bridgehead atoms. The Kier molecular flexibility index (Phi) is 4.72. The molecule has 3 rings (SSSR count). The summed E-state index contributed by atoms with van der Waals surface area (Å²) in [6, 6.07) is 5.24.